The number of pyridine rings is 2. The van der Waals surface area contributed by atoms with Crippen molar-refractivity contribution in [1.29, 1.82) is 5.41 Å². The van der Waals surface area contributed by atoms with Gasteiger partial charge in [-0.25, -0.2) is 10.5 Å². The third-order valence-electron chi connectivity index (χ3n) is 2.28. The predicted octanol–water partition coefficient (Wildman–Crippen LogP) is 1.61. The van der Waals surface area contributed by atoms with Crippen LogP contribution in [-0.4, -0.2) is 21.8 Å². The fourth-order valence-corrected chi connectivity index (χ4v) is 1.38. The van der Waals surface area contributed by atoms with E-state index in [0.717, 1.165) is 5.69 Å². The van der Waals surface area contributed by atoms with E-state index in [2.05, 4.69) is 25.6 Å². The van der Waals surface area contributed by atoms with Crippen molar-refractivity contribution in [3.63, 3.8) is 0 Å². The lowest BCUT2D eigenvalue weighted by Crippen LogP contribution is -2.26. The maximum atomic E-state index is 10.6. The van der Waals surface area contributed by atoms with E-state index < -0.39 is 5.97 Å². The molecule has 2 aromatic heterocycles. The van der Waals surface area contributed by atoms with Crippen molar-refractivity contribution in [2.24, 2.45) is 0 Å². The summed E-state index contributed by atoms with van der Waals surface area (Å²) < 4.78 is 0. The van der Waals surface area contributed by atoms with Crippen molar-refractivity contribution >= 4 is 23.3 Å². The van der Waals surface area contributed by atoms with Crippen molar-refractivity contribution in [2.75, 3.05) is 5.32 Å². The molecule has 0 unspecified atom stereocenters. The van der Waals surface area contributed by atoms with Gasteiger partial charge in [0.2, 0.25) is 0 Å². The Morgan fingerprint density at radius 3 is 2.75 bits per heavy atom. The molecule has 3 N–H and O–H groups in total. The van der Waals surface area contributed by atoms with Gasteiger partial charge in [0.15, 0.2) is 5.84 Å². The summed E-state index contributed by atoms with van der Waals surface area (Å²) in [5, 5.41) is 10.7. The second-order valence-electron chi connectivity index (χ2n) is 3.87. The molecule has 102 valence electrons. The standard InChI is InChI=1S/C13H13N5O2/c1-9(19)20-18-13(14)10-4-5-12(16-7-10)17-11-3-2-6-15-8-11/h2-8H,1H3,(H2,14,18)(H,16,17). The highest BCUT2D eigenvalue weighted by Gasteiger charge is 2.04. The molecule has 0 atom stereocenters. The maximum Gasteiger partial charge on any atom is 0.329 e. The van der Waals surface area contributed by atoms with Gasteiger partial charge < -0.3 is 10.2 Å². The molecular formula is C13H13N5O2. The first-order valence-electron chi connectivity index (χ1n) is 5.80. The minimum Gasteiger partial charge on any atom is -0.342 e. The normalized spacial score (nSPS) is 9.65. The van der Waals surface area contributed by atoms with E-state index in [-0.39, 0.29) is 5.84 Å². The topological polar surface area (TPSA) is 100.0 Å². The average Bonchev–Trinajstić information content (AvgIpc) is 2.46. The zero-order chi connectivity index (χ0) is 14.4. The second kappa shape index (κ2) is 6.28. The van der Waals surface area contributed by atoms with E-state index in [4.69, 9.17) is 5.41 Å². The molecule has 0 aliphatic carbocycles. The number of amidine groups is 1. The molecule has 7 nitrogen and oxygen atoms in total. The summed E-state index contributed by atoms with van der Waals surface area (Å²) in [7, 11) is 0. The van der Waals surface area contributed by atoms with Crippen molar-refractivity contribution in [3.05, 3.63) is 48.4 Å². The number of carbonyl (C=O) groups is 1. The van der Waals surface area contributed by atoms with Crippen LogP contribution in [0.15, 0.2) is 42.9 Å². The number of hydroxylamine groups is 1. The molecule has 2 aromatic rings. The van der Waals surface area contributed by atoms with Crippen LogP contribution in [0.25, 0.3) is 0 Å². The largest absolute Gasteiger partial charge is 0.342 e. The van der Waals surface area contributed by atoms with Gasteiger partial charge in [-0.2, -0.15) is 0 Å². The van der Waals surface area contributed by atoms with E-state index >= 15 is 0 Å². The fourth-order valence-electron chi connectivity index (χ4n) is 1.38. The number of nitrogens with one attached hydrogen (secondary N) is 3. The summed E-state index contributed by atoms with van der Waals surface area (Å²) in [6, 6.07) is 7.08. The number of hydrogen-bond acceptors (Lipinski definition) is 6. The molecule has 2 heterocycles. The molecule has 0 aliphatic heterocycles. The Balaban J connectivity index is 1.99. The van der Waals surface area contributed by atoms with Crippen molar-refractivity contribution in [1.82, 2.24) is 15.4 Å². The second-order valence-corrected chi connectivity index (χ2v) is 3.87. The average molecular weight is 271 g/mol. The van der Waals surface area contributed by atoms with Gasteiger partial charge in [0.1, 0.15) is 5.82 Å². The quantitative estimate of drug-likeness (QED) is 0.445. The molecule has 7 heteroatoms. The van der Waals surface area contributed by atoms with Crippen LogP contribution in [0.2, 0.25) is 0 Å². The van der Waals surface area contributed by atoms with Gasteiger partial charge in [0.05, 0.1) is 11.9 Å². The smallest absolute Gasteiger partial charge is 0.329 e. The Morgan fingerprint density at radius 1 is 1.30 bits per heavy atom. The van der Waals surface area contributed by atoms with Crippen LogP contribution >= 0.6 is 0 Å². The molecule has 20 heavy (non-hydrogen) atoms. The molecule has 2 rings (SSSR count). The summed E-state index contributed by atoms with van der Waals surface area (Å²) in [5.41, 5.74) is 3.55. The van der Waals surface area contributed by atoms with Crippen LogP contribution in [-0.2, 0) is 9.63 Å². The molecular weight excluding hydrogens is 258 g/mol. The van der Waals surface area contributed by atoms with Crippen LogP contribution in [0.1, 0.15) is 12.5 Å². The molecule has 0 spiro atoms. The van der Waals surface area contributed by atoms with Crippen molar-refractivity contribution < 1.29 is 9.63 Å². The fraction of sp³-hybridized carbons (Fsp3) is 0.0769. The molecule has 0 radical (unpaired) electrons. The van der Waals surface area contributed by atoms with E-state index in [9.17, 15) is 4.79 Å². The van der Waals surface area contributed by atoms with Gasteiger partial charge in [0, 0.05) is 24.9 Å². The minimum atomic E-state index is -0.516. The summed E-state index contributed by atoms with van der Waals surface area (Å²) in [6.07, 6.45) is 4.86. The summed E-state index contributed by atoms with van der Waals surface area (Å²) >= 11 is 0. The lowest BCUT2D eigenvalue weighted by molar-refractivity contribution is -0.145. The number of carbonyl (C=O) groups excluding carboxylic acids is 1. The minimum absolute atomic E-state index is 0.0411. The van der Waals surface area contributed by atoms with E-state index in [1.165, 1.54) is 13.1 Å². The maximum absolute atomic E-state index is 10.6. The molecule has 0 bridgehead atoms. The number of aromatic nitrogens is 2. The first-order valence-corrected chi connectivity index (χ1v) is 5.80. The van der Waals surface area contributed by atoms with Crippen LogP contribution in [0.3, 0.4) is 0 Å². The lowest BCUT2D eigenvalue weighted by Gasteiger charge is -2.08. The molecule has 0 fully saturated rings. The molecule has 0 aliphatic rings. The highest BCUT2D eigenvalue weighted by atomic mass is 16.7. The Morgan fingerprint density at radius 2 is 2.15 bits per heavy atom. The van der Waals surface area contributed by atoms with Gasteiger partial charge in [-0.3, -0.25) is 15.2 Å². The Labute approximate surface area is 115 Å². The van der Waals surface area contributed by atoms with Gasteiger partial charge in [-0.1, -0.05) is 0 Å². The number of hydrogen-bond donors (Lipinski definition) is 3. The van der Waals surface area contributed by atoms with Gasteiger partial charge in [-0.15, -0.1) is 0 Å². The van der Waals surface area contributed by atoms with Crippen LogP contribution < -0.4 is 10.8 Å². The molecule has 0 amide bonds. The predicted molar refractivity (Wildman–Crippen MR) is 73.5 cm³/mol. The first-order chi connectivity index (χ1) is 9.65. The summed E-state index contributed by atoms with van der Waals surface area (Å²) in [4.78, 5) is 23.3. The van der Waals surface area contributed by atoms with Crippen LogP contribution in [0, 0.1) is 5.41 Å². The zero-order valence-electron chi connectivity index (χ0n) is 10.8. The van der Waals surface area contributed by atoms with E-state index in [0.29, 0.717) is 11.4 Å². The lowest BCUT2D eigenvalue weighted by atomic mass is 10.2. The highest BCUT2D eigenvalue weighted by molar-refractivity contribution is 5.96. The number of nitrogens with zero attached hydrogens (tertiary/aromatic N) is 2. The Kier molecular flexibility index (Phi) is 4.23. The van der Waals surface area contributed by atoms with Crippen LogP contribution in [0.4, 0.5) is 11.5 Å². The zero-order valence-corrected chi connectivity index (χ0v) is 10.8. The summed E-state index contributed by atoms with van der Waals surface area (Å²) in [5.74, 6) is 0.0697. The SMILES string of the molecule is CC(=O)ONC(=N)c1ccc(Nc2cccnc2)nc1. The molecule has 0 saturated carbocycles. The van der Waals surface area contributed by atoms with Gasteiger partial charge in [0.25, 0.3) is 0 Å². The Bertz CT molecular complexity index is 598. The van der Waals surface area contributed by atoms with Gasteiger partial charge >= 0.3 is 5.97 Å². The van der Waals surface area contributed by atoms with Crippen molar-refractivity contribution in [3.8, 4) is 0 Å². The first kappa shape index (κ1) is 13.5. The third-order valence-corrected chi connectivity index (χ3v) is 2.28. The molecule has 0 aromatic carbocycles. The van der Waals surface area contributed by atoms with Gasteiger partial charge in [-0.05, 0) is 24.3 Å². The van der Waals surface area contributed by atoms with E-state index in [1.54, 1.807) is 24.5 Å². The van der Waals surface area contributed by atoms with Crippen LogP contribution in [0.5, 0.6) is 0 Å². The monoisotopic (exact) mass is 271 g/mol. The number of anilines is 2. The highest BCUT2D eigenvalue weighted by Crippen LogP contribution is 2.12. The number of rotatable bonds is 3. The third kappa shape index (κ3) is 3.77. The van der Waals surface area contributed by atoms with Crippen molar-refractivity contribution in [2.45, 2.75) is 6.92 Å². The Hall–Kier alpha value is -2.96. The summed E-state index contributed by atoms with van der Waals surface area (Å²) in [6.45, 7) is 1.25. The molecule has 0 saturated heterocycles. The van der Waals surface area contributed by atoms with E-state index in [1.807, 2.05) is 12.1 Å².